The smallest absolute Gasteiger partial charge is 0.128 e. The van der Waals surface area contributed by atoms with Gasteiger partial charge in [0.25, 0.3) is 0 Å². The van der Waals surface area contributed by atoms with Crippen molar-refractivity contribution in [3.63, 3.8) is 0 Å². The van der Waals surface area contributed by atoms with Crippen LogP contribution in [0.2, 0.25) is 0 Å². The van der Waals surface area contributed by atoms with Gasteiger partial charge in [0.1, 0.15) is 5.75 Å². The second kappa shape index (κ2) is 6.04. The van der Waals surface area contributed by atoms with E-state index in [1.54, 1.807) is 0 Å². The van der Waals surface area contributed by atoms with Crippen molar-refractivity contribution in [1.29, 1.82) is 0 Å². The number of rotatable bonds is 1. The summed E-state index contributed by atoms with van der Waals surface area (Å²) in [6, 6.07) is 19.2. The van der Waals surface area contributed by atoms with E-state index in [2.05, 4.69) is 66.9 Å². The van der Waals surface area contributed by atoms with Crippen molar-refractivity contribution >= 4 is 34.5 Å². The van der Waals surface area contributed by atoms with Crippen molar-refractivity contribution in [3.05, 3.63) is 76.0 Å². The Bertz CT molecular complexity index is 962. The lowest BCUT2D eigenvalue weighted by atomic mass is 9.89. The summed E-state index contributed by atoms with van der Waals surface area (Å²) in [5, 5.41) is 2.49. The molecule has 0 unspecified atom stereocenters. The van der Waals surface area contributed by atoms with Crippen molar-refractivity contribution in [2.75, 3.05) is 6.61 Å². The van der Waals surface area contributed by atoms with Gasteiger partial charge in [0.2, 0.25) is 0 Å². The Hall–Kier alpha value is -2.04. The summed E-state index contributed by atoms with van der Waals surface area (Å²) in [5.74, 6) is 1.21. The van der Waals surface area contributed by atoms with Crippen LogP contribution in [0.5, 0.6) is 5.75 Å². The number of aliphatic imine (C=N–C) groups is 1. The van der Waals surface area contributed by atoms with E-state index in [4.69, 9.17) is 9.73 Å². The molecular weight excluding hydrogens is 346 g/mol. The van der Waals surface area contributed by atoms with Crippen LogP contribution in [0.3, 0.4) is 0 Å². The number of benzene rings is 2. The zero-order valence-corrected chi connectivity index (χ0v) is 15.4. The molecule has 2 aromatic carbocycles. The number of thioether (sulfide) groups is 1. The highest BCUT2D eigenvalue weighted by Gasteiger charge is 2.37. The molecule has 0 spiro atoms. The van der Waals surface area contributed by atoms with E-state index in [9.17, 15) is 0 Å². The number of thiophene rings is 1. The summed E-state index contributed by atoms with van der Waals surface area (Å²) in [7, 11) is 0. The van der Waals surface area contributed by atoms with Gasteiger partial charge in [-0.3, -0.25) is 4.99 Å². The van der Waals surface area contributed by atoms with E-state index in [0.717, 1.165) is 17.0 Å². The molecule has 0 aliphatic carbocycles. The zero-order valence-electron chi connectivity index (χ0n) is 13.8. The third-order valence-corrected chi connectivity index (χ3v) is 7.27. The minimum Gasteiger partial charge on any atom is -0.492 e. The zero-order chi connectivity index (χ0) is 16.8. The molecule has 0 saturated carbocycles. The van der Waals surface area contributed by atoms with Gasteiger partial charge in [0.15, 0.2) is 0 Å². The Labute approximate surface area is 155 Å². The Morgan fingerprint density at radius 1 is 1.08 bits per heavy atom. The van der Waals surface area contributed by atoms with E-state index < -0.39 is 0 Å². The lowest BCUT2D eigenvalue weighted by molar-refractivity contribution is 0.272. The average molecular weight is 364 g/mol. The number of para-hydroxylation sites is 1. The molecule has 3 heterocycles. The number of aryl methyl sites for hydroxylation is 1. The molecule has 5 rings (SSSR count). The summed E-state index contributed by atoms with van der Waals surface area (Å²) in [6.45, 7) is 2.80. The molecule has 0 fully saturated rings. The predicted octanol–water partition coefficient (Wildman–Crippen LogP) is 6.03. The molecule has 0 N–H and O–H groups in total. The van der Waals surface area contributed by atoms with Gasteiger partial charge >= 0.3 is 0 Å². The van der Waals surface area contributed by atoms with Crippen molar-refractivity contribution < 1.29 is 4.74 Å². The second-order valence-corrected chi connectivity index (χ2v) is 8.60. The van der Waals surface area contributed by atoms with E-state index >= 15 is 0 Å². The van der Waals surface area contributed by atoms with Crippen molar-refractivity contribution in [2.24, 2.45) is 10.9 Å². The molecule has 0 bridgehead atoms. The van der Waals surface area contributed by atoms with Crippen LogP contribution in [-0.4, -0.2) is 12.3 Å². The van der Waals surface area contributed by atoms with Crippen molar-refractivity contribution in [2.45, 2.75) is 17.1 Å². The highest BCUT2D eigenvalue weighted by molar-refractivity contribution is 7.99. The van der Waals surface area contributed by atoms with Crippen molar-refractivity contribution in [3.8, 4) is 5.75 Å². The third kappa shape index (κ3) is 2.60. The molecular formula is C21H17NOS2. The molecule has 2 aliphatic heterocycles. The molecule has 124 valence electrons. The van der Waals surface area contributed by atoms with Crippen LogP contribution < -0.4 is 4.74 Å². The van der Waals surface area contributed by atoms with Gasteiger partial charge < -0.3 is 4.74 Å². The summed E-state index contributed by atoms with van der Waals surface area (Å²) in [6.07, 6.45) is 0. The first kappa shape index (κ1) is 15.2. The molecule has 0 saturated heterocycles. The number of nitrogens with zero attached hydrogens (tertiary/aromatic N) is 1. The first-order chi connectivity index (χ1) is 12.3. The van der Waals surface area contributed by atoms with Crippen LogP contribution in [0.1, 0.15) is 21.3 Å². The third-order valence-electron chi connectivity index (χ3n) is 4.73. The lowest BCUT2D eigenvalue weighted by Crippen LogP contribution is -2.31. The number of hydrogen-bond donors (Lipinski definition) is 0. The maximum atomic E-state index is 6.14. The molecule has 3 aromatic rings. The van der Waals surface area contributed by atoms with E-state index in [1.807, 2.05) is 23.1 Å². The van der Waals surface area contributed by atoms with Gasteiger partial charge in [-0.05, 0) is 42.6 Å². The number of fused-ring (bicyclic) bond motifs is 4. The fraction of sp³-hybridized carbons (Fsp3) is 0.190. The van der Waals surface area contributed by atoms with Gasteiger partial charge in [-0.25, -0.2) is 0 Å². The summed E-state index contributed by atoms with van der Waals surface area (Å²) in [5.41, 5.74) is 4.63. The molecule has 1 aromatic heterocycles. The van der Waals surface area contributed by atoms with Gasteiger partial charge in [-0.2, -0.15) is 0 Å². The predicted molar refractivity (Wildman–Crippen MR) is 106 cm³/mol. The summed E-state index contributed by atoms with van der Waals surface area (Å²) < 4.78 is 6.14. The monoisotopic (exact) mass is 363 g/mol. The van der Waals surface area contributed by atoms with Gasteiger partial charge in [-0.15, -0.1) is 23.1 Å². The van der Waals surface area contributed by atoms with Crippen LogP contribution in [0, 0.1) is 12.8 Å². The standard InChI is InChI=1S/C21H17NOS2/c1-13-8-9-17-14(11-13)20-15(12-23-17)21(19-7-4-10-24-19)25-18-6-3-2-5-16(18)22-20/h2-11,15,21H,12H2,1H3/t15-,21+/m0/s1. The molecule has 2 nitrogen and oxygen atoms in total. The minimum absolute atomic E-state index is 0.255. The van der Waals surface area contributed by atoms with Gasteiger partial charge in [-0.1, -0.05) is 29.8 Å². The summed E-state index contributed by atoms with van der Waals surface area (Å²) in [4.78, 5) is 7.76. The fourth-order valence-electron chi connectivity index (χ4n) is 3.51. The highest BCUT2D eigenvalue weighted by atomic mass is 32.2. The van der Waals surface area contributed by atoms with E-state index in [1.165, 1.54) is 21.0 Å². The van der Waals surface area contributed by atoms with Crippen LogP contribution >= 0.6 is 23.1 Å². The molecule has 0 amide bonds. The number of ether oxygens (including phenoxy) is 1. The quantitative estimate of drug-likeness (QED) is 0.526. The van der Waals surface area contributed by atoms with Crippen LogP contribution in [0.4, 0.5) is 5.69 Å². The minimum atomic E-state index is 0.255. The molecule has 2 aliphatic rings. The first-order valence-electron chi connectivity index (χ1n) is 8.41. The van der Waals surface area contributed by atoms with Gasteiger partial charge in [0.05, 0.1) is 29.2 Å². The fourth-order valence-corrected chi connectivity index (χ4v) is 5.82. The Morgan fingerprint density at radius 3 is 2.88 bits per heavy atom. The Balaban J connectivity index is 1.73. The van der Waals surface area contributed by atoms with Gasteiger partial charge in [0, 0.05) is 15.3 Å². The average Bonchev–Trinajstić information content (AvgIpc) is 3.10. The molecule has 2 atom stereocenters. The lowest BCUT2D eigenvalue weighted by Gasteiger charge is -2.31. The highest BCUT2D eigenvalue weighted by Crippen LogP contribution is 2.51. The van der Waals surface area contributed by atoms with Crippen LogP contribution in [0.25, 0.3) is 0 Å². The van der Waals surface area contributed by atoms with Crippen LogP contribution in [-0.2, 0) is 0 Å². The number of hydrogen-bond acceptors (Lipinski definition) is 4. The second-order valence-electron chi connectivity index (χ2n) is 6.44. The Morgan fingerprint density at radius 2 is 2.00 bits per heavy atom. The normalized spacial score (nSPS) is 21.2. The topological polar surface area (TPSA) is 21.6 Å². The summed E-state index contributed by atoms with van der Waals surface area (Å²) >= 11 is 3.74. The van der Waals surface area contributed by atoms with E-state index in [-0.39, 0.29) is 5.92 Å². The largest absolute Gasteiger partial charge is 0.492 e. The SMILES string of the molecule is Cc1ccc2c(c1)C1=Nc3ccccc3S[C@@H](c3cccs3)[C@H]1CO2. The molecule has 25 heavy (non-hydrogen) atoms. The van der Waals surface area contributed by atoms with Crippen LogP contribution in [0.15, 0.2) is 69.9 Å². The first-order valence-corrected chi connectivity index (χ1v) is 10.2. The molecule has 0 radical (unpaired) electrons. The molecule has 4 heteroatoms. The van der Waals surface area contributed by atoms with Crippen molar-refractivity contribution in [1.82, 2.24) is 0 Å². The maximum absolute atomic E-state index is 6.14. The maximum Gasteiger partial charge on any atom is 0.128 e. The van der Waals surface area contributed by atoms with E-state index in [0.29, 0.717) is 11.9 Å². The Kier molecular flexibility index (Phi) is 3.68.